The van der Waals surface area contributed by atoms with E-state index in [4.69, 9.17) is 9.47 Å². The maximum absolute atomic E-state index is 12.9. The largest absolute Gasteiger partial charge is 0.476 e. The summed E-state index contributed by atoms with van der Waals surface area (Å²) in [6.45, 7) is 10.8. The number of H-pyrrole nitrogens is 1. The fourth-order valence-corrected chi connectivity index (χ4v) is 5.69. The highest BCUT2D eigenvalue weighted by Gasteiger charge is 2.23. The zero-order chi connectivity index (χ0) is 31.9. The molecule has 9 heteroatoms. The number of ether oxygens (including phenoxy) is 2. The summed E-state index contributed by atoms with van der Waals surface area (Å²) in [6.07, 6.45) is 3.18. The average Bonchev–Trinajstić information content (AvgIpc) is 3.60. The minimum atomic E-state index is -0.623. The summed E-state index contributed by atoms with van der Waals surface area (Å²) in [5.74, 6) is 0.497. The first-order valence-corrected chi connectivity index (χ1v) is 16.0. The van der Waals surface area contributed by atoms with Crippen molar-refractivity contribution in [3.8, 4) is 5.88 Å². The van der Waals surface area contributed by atoms with Gasteiger partial charge in [-0.25, -0.2) is 9.78 Å². The molecule has 2 amide bonds. The number of rotatable bonds is 12. The number of allylic oxidation sites excluding steroid dienone is 1. The Hall–Kier alpha value is -4.11. The van der Waals surface area contributed by atoms with Gasteiger partial charge in [0.1, 0.15) is 12.2 Å². The van der Waals surface area contributed by atoms with E-state index in [0.29, 0.717) is 31.8 Å². The zero-order valence-corrected chi connectivity index (χ0v) is 27.7. The Morgan fingerprint density at radius 1 is 1.02 bits per heavy atom. The molecule has 0 aliphatic heterocycles. The van der Waals surface area contributed by atoms with Gasteiger partial charge in [0.15, 0.2) is 0 Å². The summed E-state index contributed by atoms with van der Waals surface area (Å²) < 4.78 is 11.6. The van der Waals surface area contributed by atoms with Crippen LogP contribution in [0.2, 0.25) is 0 Å². The first kappa shape index (κ1) is 32.8. The number of fused-ring (bicyclic) bond motifs is 1. The van der Waals surface area contributed by atoms with E-state index in [0.717, 1.165) is 34.2 Å². The minimum Gasteiger partial charge on any atom is -0.476 e. The van der Waals surface area contributed by atoms with E-state index in [1.807, 2.05) is 51.2 Å². The summed E-state index contributed by atoms with van der Waals surface area (Å²) in [5, 5.41) is 3.37. The Kier molecular flexibility index (Phi) is 10.9. The molecule has 0 atom stereocenters. The summed E-state index contributed by atoms with van der Waals surface area (Å²) >= 11 is 1.75. The van der Waals surface area contributed by atoms with Crippen molar-refractivity contribution >= 4 is 45.4 Å². The fraction of sp³-hybridized carbons (Fsp3) is 0.400. The monoisotopic (exact) mass is 616 g/mol. The van der Waals surface area contributed by atoms with Crippen LogP contribution < -0.4 is 4.74 Å². The molecular weight excluding hydrogens is 572 g/mol. The van der Waals surface area contributed by atoms with Crippen LogP contribution in [0.1, 0.15) is 68.7 Å². The van der Waals surface area contributed by atoms with Crippen molar-refractivity contribution in [1.29, 1.82) is 0 Å². The van der Waals surface area contributed by atoms with Gasteiger partial charge in [-0.15, -0.1) is 11.3 Å². The molecule has 4 rings (SSSR count). The van der Waals surface area contributed by atoms with Gasteiger partial charge in [-0.1, -0.05) is 25.1 Å². The van der Waals surface area contributed by atoms with E-state index in [1.165, 1.54) is 16.0 Å². The number of aromatic amines is 1. The average molecular weight is 617 g/mol. The second-order valence-corrected chi connectivity index (χ2v) is 13.1. The lowest BCUT2D eigenvalue weighted by Gasteiger charge is -2.27. The molecule has 234 valence electrons. The van der Waals surface area contributed by atoms with Crippen LogP contribution in [0.25, 0.3) is 22.0 Å². The Bertz CT molecular complexity index is 1560. The Balaban J connectivity index is 1.52. The molecule has 1 aromatic carbocycles. The molecule has 0 unspecified atom stereocenters. The smallest absolute Gasteiger partial charge is 0.410 e. The second kappa shape index (κ2) is 14.6. The Labute approximate surface area is 264 Å². The zero-order valence-electron chi connectivity index (χ0n) is 26.9. The van der Waals surface area contributed by atoms with Crippen LogP contribution in [0.5, 0.6) is 5.88 Å². The van der Waals surface area contributed by atoms with Crippen molar-refractivity contribution in [2.24, 2.45) is 0 Å². The van der Waals surface area contributed by atoms with Crippen molar-refractivity contribution in [2.45, 2.75) is 59.5 Å². The Morgan fingerprint density at radius 3 is 2.41 bits per heavy atom. The summed E-state index contributed by atoms with van der Waals surface area (Å²) in [5.41, 5.74) is 6.08. The molecule has 0 aliphatic carbocycles. The highest BCUT2D eigenvalue weighted by atomic mass is 32.1. The van der Waals surface area contributed by atoms with Gasteiger partial charge in [-0.05, 0) is 81.3 Å². The number of carbonyl (C=O) groups excluding carboxylic acids is 2. The minimum absolute atomic E-state index is 0.0240. The third-order valence-electron chi connectivity index (χ3n) is 7.14. The van der Waals surface area contributed by atoms with Crippen molar-refractivity contribution in [1.82, 2.24) is 19.8 Å². The third-order valence-corrected chi connectivity index (χ3v) is 8.00. The maximum atomic E-state index is 12.9. The van der Waals surface area contributed by atoms with Crippen LogP contribution in [0.3, 0.4) is 0 Å². The summed E-state index contributed by atoms with van der Waals surface area (Å²) in [7, 11) is 3.45. The van der Waals surface area contributed by atoms with Crippen LogP contribution in [0.4, 0.5) is 4.79 Å². The number of hydrogen-bond donors (Lipinski definition) is 1. The number of aromatic nitrogens is 2. The van der Waals surface area contributed by atoms with Crippen LogP contribution in [-0.4, -0.2) is 71.2 Å². The number of nitrogens with one attached hydrogen (secondary N) is 1. The summed E-state index contributed by atoms with van der Waals surface area (Å²) in [4.78, 5) is 37.6. The van der Waals surface area contributed by atoms with E-state index in [9.17, 15) is 9.59 Å². The van der Waals surface area contributed by atoms with Gasteiger partial charge in [0.25, 0.3) is 0 Å². The van der Waals surface area contributed by atoms with Gasteiger partial charge in [0.2, 0.25) is 11.8 Å². The van der Waals surface area contributed by atoms with Gasteiger partial charge in [0, 0.05) is 71.9 Å². The van der Waals surface area contributed by atoms with Crippen LogP contribution in [0, 0.1) is 6.92 Å². The molecule has 0 radical (unpaired) electrons. The molecule has 44 heavy (non-hydrogen) atoms. The van der Waals surface area contributed by atoms with E-state index < -0.39 is 11.7 Å². The van der Waals surface area contributed by atoms with Crippen molar-refractivity contribution in [2.75, 3.05) is 33.8 Å². The van der Waals surface area contributed by atoms with Crippen molar-refractivity contribution in [3.63, 3.8) is 0 Å². The number of aryl methyl sites for hydroxylation is 1. The molecule has 8 nitrogen and oxygen atoms in total. The van der Waals surface area contributed by atoms with Crippen molar-refractivity contribution in [3.05, 3.63) is 81.8 Å². The highest BCUT2D eigenvalue weighted by molar-refractivity contribution is 7.10. The number of thiophene rings is 1. The number of nitrogens with zero attached hydrogens (tertiary/aromatic N) is 3. The predicted octanol–water partition coefficient (Wildman–Crippen LogP) is 7.79. The lowest BCUT2D eigenvalue weighted by molar-refractivity contribution is -0.128. The van der Waals surface area contributed by atoms with E-state index in [1.54, 1.807) is 35.2 Å². The predicted molar refractivity (Wildman–Crippen MR) is 179 cm³/mol. The standard InChI is InChI=1S/C35H44N4O4S/c1-8-28(27-20-24(2)44-23-27)33(30-21-25-12-9-10-13-29(25)37-30)26-15-16-31(36-22-26)42-19-18-39(34(41)43-35(3,4)5)17-11-14-32(40)38(6)7/h9-10,12-13,15-16,20-23,37H,8,11,14,17-19H2,1-7H3/b33-28+. The number of benzene rings is 1. The van der Waals surface area contributed by atoms with E-state index in [2.05, 4.69) is 53.5 Å². The molecular formula is C35H44N4O4S. The first-order valence-electron chi connectivity index (χ1n) is 15.1. The molecule has 0 aliphatic rings. The third kappa shape index (κ3) is 8.72. The van der Waals surface area contributed by atoms with Gasteiger partial charge >= 0.3 is 6.09 Å². The quantitative estimate of drug-likeness (QED) is 0.176. The maximum Gasteiger partial charge on any atom is 0.410 e. The number of para-hydroxylation sites is 1. The van der Waals surface area contributed by atoms with Crippen LogP contribution in [-0.2, 0) is 9.53 Å². The molecule has 0 saturated carbocycles. The van der Waals surface area contributed by atoms with Gasteiger partial charge in [0.05, 0.1) is 6.54 Å². The molecule has 0 saturated heterocycles. The lowest BCUT2D eigenvalue weighted by Crippen LogP contribution is -2.40. The number of hydrogen-bond acceptors (Lipinski definition) is 6. The SMILES string of the molecule is CC/C(=C(/c1ccc(OCCN(CCCC(=O)N(C)C)C(=O)OC(C)(C)C)nc1)c1cc2ccccc2[nH]1)c1csc(C)c1. The Morgan fingerprint density at radius 2 is 1.80 bits per heavy atom. The topological polar surface area (TPSA) is 87.8 Å². The molecule has 3 aromatic heterocycles. The van der Waals surface area contributed by atoms with Gasteiger partial charge < -0.3 is 24.3 Å². The number of amides is 2. The first-order chi connectivity index (χ1) is 20.9. The van der Waals surface area contributed by atoms with Crippen LogP contribution >= 0.6 is 11.3 Å². The van der Waals surface area contributed by atoms with Crippen molar-refractivity contribution < 1.29 is 19.1 Å². The summed E-state index contributed by atoms with van der Waals surface area (Å²) in [6, 6.07) is 16.6. The van der Waals surface area contributed by atoms with E-state index in [-0.39, 0.29) is 12.5 Å². The lowest BCUT2D eigenvalue weighted by atomic mass is 9.93. The van der Waals surface area contributed by atoms with E-state index >= 15 is 0 Å². The second-order valence-electron chi connectivity index (χ2n) is 12.0. The number of carbonyl (C=O) groups is 2. The molecule has 1 N–H and O–H groups in total. The molecule has 0 spiro atoms. The molecule has 0 bridgehead atoms. The molecule has 0 fully saturated rings. The normalized spacial score (nSPS) is 12.2. The highest BCUT2D eigenvalue weighted by Crippen LogP contribution is 2.37. The molecule has 3 heterocycles. The van der Waals surface area contributed by atoms with Gasteiger partial charge in [-0.2, -0.15) is 0 Å². The van der Waals surface area contributed by atoms with Crippen LogP contribution in [0.15, 0.2) is 60.1 Å². The number of pyridine rings is 1. The molecule has 4 aromatic rings. The fourth-order valence-electron chi connectivity index (χ4n) is 4.97. The van der Waals surface area contributed by atoms with Gasteiger partial charge in [-0.3, -0.25) is 4.79 Å².